The van der Waals surface area contributed by atoms with Crippen LogP contribution in [0.3, 0.4) is 0 Å². The topological polar surface area (TPSA) is 56.4 Å². The van der Waals surface area contributed by atoms with E-state index in [0.717, 1.165) is 12.3 Å². The molecule has 8 heteroatoms. The molecule has 0 spiro atoms. The molecule has 0 heterocycles. The van der Waals surface area contributed by atoms with Gasteiger partial charge in [0.2, 0.25) is 0 Å². The Morgan fingerprint density at radius 3 is 1.18 bits per heavy atom. The van der Waals surface area contributed by atoms with E-state index in [0.29, 0.717) is 0 Å². The molecule has 0 aliphatic carbocycles. The Kier molecular flexibility index (Phi) is 18.5. The van der Waals surface area contributed by atoms with Gasteiger partial charge in [-0.05, 0) is 39.7 Å². The molecule has 3 rings (SSSR count). The van der Waals surface area contributed by atoms with Crippen molar-refractivity contribution in [2.24, 2.45) is 0 Å². The van der Waals surface area contributed by atoms with Crippen LogP contribution in [0.5, 0.6) is 0 Å². The average molecular weight is 730 g/mol. The first kappa shape index (κ1) is 36.9. The molecule has 3 aromatic rings. The normalized spacial score (nSPS) is 10.8. The maximum Gasteiger partial charge on any atom is 4.00 e. The minimum atomic E-state index is -1.54. The standard InChI is InChI=1S/C26H35N2PSi2.2C2H6N.Hf/c1-30(2,3)27-25-18-12-10-14-22(25)20-29(24-16-8-7-9-17-24)21-23-15-11-13-19-26(23)28-31(4,5)6;2*1-3-2;/h7-19H,20-21H2,1-6H3;2*1-2H3;/q-2;2*-1;+4/p+1. The predicted molar refractivity (Wildman–Crippen MR) is 178 cm³/mol. The molecule has 0 saturated carbocycles. The Morgan fingerprint density at radius 1 is 0.526 bits per heavy atom. The van der Waals surface area contributed by atoms with E-state index in [4.69, 9.17) is 9.96 Å². The second-order valence-corrected chi connectivity index (χ2v) is 22.7. The quantitative estimate of drug-likeness (QED) is 0.156. The average Bonchev–Trinajstić information content (AvgIpc) is 2.81. The fraction of sp³-hybridized carbons (Fsp3) is 0.400. The van der Waals surface area contributed by atoms with E-state index in [1.807, 2.05) is 0 Å². The molecule has 0 aliphatic rings. The molecule has 0 N–H and O–H groups in total. The minimum Gasteiger partial charge on any atom is -0.687 e. The van der Waals surface area contributed by atoms with Crippen LogP contribution in [0.4, 0.5) is 11.4 Å². The SMILES string of the molecule is C[N-]C.C[N-]C.C[Si](C)(C)[N-]c1ccccc1C[PH+](Cc1ccccc1[N-][Si](C)(C)C)c1ccccc1.[Hf+4]. The summed E-state index contributed by atoms with van der Waals surface area (Å²) in [6.45, 7) is 13.8. The van der Waals surface area contributed by atoms with Crippen LogP contribution < -0.4 is 5.30 Å². The largest absolute Gasteiger partial charge is 4.00 e. The summed E-state index contributed by atoms with van der Waals surface area (Å²) in [4.78, 5) is 10.3. The van der Waals surface area contributed by atoms with Gasteiger partial charge in [0.25, 0.3) is 0 Å². The van der Waals surface area contributed by atoms with Crippen molar-refractivity contribution >= 4 is 41.1 Å². The molecule has 4 nitrogen and oxygen atoms in total. The Hall–Kier alpha value is -1.09. The van der Waals surface area contributed by atoms with Crippen molar-refractivity contribution in [3.05, 3.63) is 111 Å². The van der Waals surface area contributed by atoms with Crippen LogP contribution in [0.25, 0.3) is 20.6 Å². The van der Waals surface area contributed by atoms with Crippen LogP contribution in [-0.4, -0.2) is 44.7 Å². The van der Waals surface area contributed by atoms with Crippen LogP contribution in [0.2, 0.25) is 39.3 Å². The summed E-state index contributed by atoms with van der Waals surface area (Å²) in [6, 6.07) is 28.6. The summed E-state index contributed by atoms with van der Waals surface area (Å²) < 4.78 is 0. The van der Waals surface area contributed by atoms with Gasteiger partial charge in [-0.25, -0.2) is 0 Å². The van der Waals surface area contributed by atoms with Crippen molar-refractivity contribution in [2.75, 3.05) is 28.2 Å². The second-order valence-electron chi connectivity index (χ2n) is 11.0. The molecular weight excluding hydrogens is 682 g/mol. The van der Waals surface area contributed by atoms with Crippen LogP contribution >= 0.6 is 7.92 Å². The Morgan fingerprint density at radius 2 is 0.842 bits per heavy atom. The molecule has 0 radical (unpaired) electrons. The van der Waals surface area contributed by atoms with E-state index in [9.17, 15) is 0 Å². The molecule has 0 amide bonds. The number of nitrogens with zero attached hydrogens (tertiary/aromatic N) is 4. The number of hydrogen-bond acceptors (Lipinski definition) is 0. The molecule has 0 aliphatic heterocycles. The third-order valence-corrected chi connectivity index (χ3v) is 9.47. The van der Waals surface area contributed by atoms with Gasteiger partial charge in [-0.15, -0.1) is 11.4 Å². The van der Waals surface area contributed by atoms with Crippen molar-refractivity contribution in [1.29, 1.82) is 0 Å². The maximum absolute atomic E-state index is 5.15. The van der Waals surface area contributed by atoms with Crippen molar-refractivity contribution in [1.82, 2.24) is 0 Å². The van der Waals surface area contributed by atoms with Gasteiger partial charge in [0.05, 0.1) is 17.6 Å². The van der Waals surface area contributed by atoms with Crippen LogP contribution in [0, 0.1) is 0 Å². The minimum absolute atomic E-state index is 0. The van der Waals surface area contributed by atoms with E-state index < -0.39 is 24.4 Å². The number of benzene rings is 3. The van der Waals surface area contributed by atoms with Crippen molar-refractivity contribution < 1.29 is 25.8 Å². The molecule has 38 heavy (non-hydrogen) atoms. The molecule has 0 bridgehead atoms. The molecule has 0 atom stereocenters. The first-order valence-corrected chi connectivity index (χ1v) is 21.7. The van der Waals surface area contributed by atoms with Crippen LogP contribution in [0.15, 0.2) is 78.9 Å². The molecule has 0 unspecified atom stereocenters. The van der Waals surface area contributed by atoms with Gasteiger partial charge in [0, 0.05) is 7.92 Å². The van der Waals surface area contributed by atoms with Gasteiger partial charge in [-0.2, -0.15) is 28.2 Å². The summed E-state index contributed by atoms with van der Waals surface area (Å²) >= 11 is 0. The van der Waals surface area contributed by atoms with Gasteiger partial charge < -0.3 is 20.6 Å². The molecule has 204 valence electrons. The van der Waals surface area contributed by atoms with E-state index in [-0.39, 0.29) is 25.8 Å². The molecular formula is C30H48HfN4PSi2+. The summed E-state index contributed by atoms with van der Waals surface area (Å²) in [6.07, 6.45) is 2.17. The smallest absolute Gasteiger partial charge is 0.687 e. The molecule has 0 fully saturated rings. The fourth-order valence-corrected chi connectivity index (χ4v) is 8.26. The fourth-order valence-electron chi connectivity index (χ4n) is 3.66. The first-order valence-electron chi connectivity index (χ1n) is 12.9. The number of rotatable bonds is 9. The van der Waals surface area contributed by atoms with Crippen molar-refractivity contribution in [3.8, 4) is 0 Å². The zero-order chi connectivity index (χ0) is 27.9. The number of hydrogen-bond donors (Lipinski definition) is 0. The van der Waals surface area contributed by atoms with Crippen LogP contribution in [-0.2, 0) is 38.2 Å². The Labute approximate surface area is 255 Å². The summed E-state index contributed by atoms with van der Waals surface area (Å²) in [5.74, 6) is 0. The van der Waals surface area contributed by atoms with Crippen LogP contribution in [0.1, 0.15) is 11.1 Å². The Balaban J connectivity index is 0.00000179. The van der Waals surface area contributed by atoms with E-state index >= 15 is 0 Å². The molecule has 3 aromatic carbocycles. The third kappa shape index (κ3) is 15.5. The second kappa shape index (κ2) is 19.1. The maximum atomic E-state index is 5.15. The summed E-state index contributed by atoms with van der Waals surface area (Å²) in [5, 5.41) is 8.48. The van der Waals surface area contributed by atoms with E-state index in [1.54, 1.807) is 28.2 Å². The summed E-state index contributed by atoms with van der Waals surface area (Å²) in [7, 11) is 3.04. The monoisotopic (exact) mass is 731 g/mol. The predicted octanol–water partition coefficient (Wildman–Crippen LogP) is 9.84. The van der Waals surface area contributed by atoms with Gasteiger partial charge in [0.15, 0.2) is 0 Å². The van der Waals surface area contributed by atoms with E-state index in [1.165, 1.54) is 27.8 Å². The Bertz CT molecular complexity index is 961. The summed E-state index contributed by atoms with van der Waals surface area (Å²) in [5.41, 5.74) is 5.17. The third-order valence-electron chi connectivity index (χ3n) is 4.88. The molecule has 0 aromatic heterocycles. The van der Waals surface area contributed by atoms with Crippen molar-refractivity contribution in [2.45, 2.75) is 51.6 Å². The zero-order valence-corrected chi connectivity index (χ0v) is 31.8. The van der Waals surface area contributed by atoms with Gasteiger partial charge >= 0.3 is 25.8 Å². The van der Waals surface area contributed by atoms with Gasteiger partial charge in [-0.1, -0.05) is 106 Å². The zero-order valence-electron chi connectivity index (χ0n) is 25.2. The van der Waals surface area contributed by atoms with E-state index in [2.05, 4.69) is 129 Å². The van der Waals surface area contributed by atoms with Gasteiger partial charge in [0.1, 0.15) is 0 Å². The molecule has 0 saturated heterocycles. The first-order chi connectivity index (χ1) is 17.4. The van der Waals surface area contributed by atoms with Gasteiger partial charge in [-0.3, -0.25) is 0 Å². The van der Waals surface area contributed by atoms with Crippen molar-refractivity contribution in [3.63, 3.8) is 0 Å².